The zero-order chi connectivity index (χ0) is 18.0. The molecule has 1 amide bonds. The van der Waals surface area contributed by atoms with E-state index in [1.165, 1.54) is 7.05 Å². The van der Waals surface area contributed by atoms with E-state index in [9.17, 15) is 13.2 Å². The van der Waals surface area contributed by atoms with E-state index in [2.05, 4.69) is 4.72 Å². The summed E-state index contributed by atoms with van der Waals surface area (Å²) in [5, 5.41) is 0. The summed E-state index contributed by atoms with van der Waals surface area (Å²) < 4.78 is 26.8. The quantitative estimate of drug-likeness (QED) is 0.803. The number of para-hydroxylation sites is 1. The van der Waals surface area contributed by atoms with Crippen LogP contribution in [0, 0.1) is 5.92 Å². The van der Waals surface area contributed by atoms with E-state index >= 15 is 0 Å². The Bertz CT molecular complexity index is 729. The first-order chi connectivity index (χ1) is 11.9. The average Bonchev–Trinajstić information content (AvgIpc) is 3.07. The molecule has 2 fully saturated rings. The van der Waals surface area contributed by atoms with Crippen LogP contribution in [0.4, 0.5) is 5.69 Å². The van der Waals surface area contributed by atoms with Crippen molar-refractivity contribution < 1.29 is 13.2 Å². The third kappa shape index (κ3) is 3.80. The van der Waals surface area contributed by atoms with E-state index in [0.29, 0.717) is 31.9 Å². The highest BCUT2D eigenvalue weighted by Crippen LogP contribution is 2.28. The van der Waals surface area contributed by atoms with Crippen LogP contribution in [-0.4, -0.2) is 58.5 Å². The molecule has 2 aliphatic rings. The number of hydrogen-bond donors (Lipinski definition) is 2. The lowest BCUT2D eigenvalue weighted by Gasteiger charge is -2.37. The highest BCUT2D eigenvalue weighted by molar-refractivity contribution is 7.89. The number of hydrogen-bond acceptors (Lipinski definition) is 5. The lowest BCUT2D eigenvalue weighted by atomic mass is 10.1. The molecule has 138 valence electrons. The monoisotopic (exact) mass is 366 g/mol. The number of piperazine rings is 1. The SMILES string of the molecule is CNS(=O)(=O)c1ccccc1N1CCN(C(=O)C2CCC(N)C2)CC1. The van der Waals surface area contributed by atoms with Gasteiger partial charge >= 0.3 is 0 Å². The molecular formula is C17H26N4O3S. The van der Waals surface area contributed by atoms with Gasteiger partial charge in [0, 0.05) is 38.1 Å². The summed E-state index contributed by atoms with van der Waals surface area (Å²) in [4.78, 5) is 16.8. The second kappa shape index (κ2) is 7.31. The molecule has 2 atom stereocenters. The summed E-state index contributed by atoms with van der Waals surface area (Å²) in [6.07, 6.45) is 2.58. The number of nitrogens with two attached hydrogens (primary N) is 1. The predicted molar refractivity (Wildman–Crippen MR) is 96.8 cm³/mol. The molecule has 3 N–H and O–H groups in total. The van der Waals surface area contributed by atoms with Gasteiger partial charge in [-0.25, -0.2) is 13.1 Å². The Balaban J connectivity index is 1.68. The van der Waals surface area contributed by atoms with Crippen molar-refractivity contribution in [2.24, 2.45) is 11.7 Å². The van der Waals surface area contributed by atoms with Gasteiger partial charge in [0.2, 0.25) is 15.9 Å². The van der Waals surface area contributed by atoms with E-state index in [0.717, 1.165) is 19.3 Å². The Morgan fingerprint density at radius 2 is 1.84 bits per heavy atom. The molecule has 1 saturated carbocycles. The van der Waals surface area contributed by atoms with Crippen LogP contribution in [0.15, 0.2) is 29.2 Å². The largest absolute Gasteiger partial charge is 0.367 e. The van der Waals surface area contributed by atoms with E-state index < -0.39 is 10.0 Å². The molecule has 7 nitrogen and oxygen atoms in total. The molecule has 8 heteroatoms. The number of rotatable bonds is 4. The topological polar surface area (TPSA) is 95.7 Å². The number of nitrogens with zero attached hydrogens (tertiary/aromatic N) is 2. The molecule has 1 heterocycles. The van der Waals surface area contributed by atoms with Crippen LogP contribution in [0.25, 0.3) is 0 Å². The zero-order valence-electron chi connectivity index (χ0n) is 14.5. The molecule has 1 aliphatic carbocycles. The van der Waals surface area contributed by atoms with Crippen molar-refractivity contribution in [3.05, 3.63) is 24.3 Å². The smallest absolute Gasteiger partial charge is 0.242 e. The van der Waals surface area contributed by atoms with Crippen LogP contribution < -0.4 is 15.4 Å². The fourth-order valence-electron chi connectivity index (χ4n) is 3.72. The third-order valence-corrected chi connectivity index (χ3v) is 6.64. The summed E-state index contributed by atoms with van der Waals surface area (Å²) >= 11 is 0. The minimum Gasteiger partial charge on any atom is -0.367 e. The Morgan fingerprint density at radius 3 is 2.44 bits per heavy atom. The Labute approximate surface area is 149 Å². The standard InChI is InChI=1S/C17H26N4O3S/c1-19-25(23,24)16-5-3-2-4-15(16)20-8-10-21(11-9-20)17(22)13-6-7-14(18)12-13/h2-5,13-14,19H,6-12,18H2,1H3. The molecule has 2 unspecified atom stereocenters. The maximum atomic E-state index is 12.6. The number of carbonyl (C=O) groups excluding carboxylic acids is 1. The highest BCUT2D eigenvalue weighted by atomic mass is 32.2. The molecule has 0 radical (unpaired) electrons. The van der Waals surface area contributed by atoms with Crippen LogP contribution >= 0.6 is 0 Å². The Morgan fingerprint density at radius 1 is 1.16 bits per heavy atom. The fourth-order valence-corrected chi connectivity index (χ4v) is 4.67. The third-order valence-electron chi connectivity index (χ3n) is 5.18. The lowest BCUT2D eigenvalue weighted by Crippen LogP contribution is -2.50. The van der Waals surface area contributed by atoms with Crippen LogP contribution in [0.5, 0.6) is 0 Å². The first kappa shape index (κ1) is 18.2. The average molecular weight is 366 g/mol. The van der Waals surface area contributed by atoms with Crippen molar-refractivity contribution >= 4 is 21.6 Å². The second-order valence-corrected chi connectivity index (χ2v) is 8.61. The molecule has 1 saturated heterocycles. The predicted octanol–water partition coefficient (Wildman–Crippen LogP) is 0.371. The van der Waals surface area contributed by atoms with Crippen molar-refractivity contribution in [2.45, 2.75) is 30.2 Å². The number of anilines is 1. The molecule has 3 rings (SSSR count). The van der Waals surface area contributed by atoms with Gasteiger partial charge in [-0.1, -0.05) is 12.1 Å². The van der Waals surface area contributed by atoms with Crippen LogP contribution in [0.2, 0.25) is 0 Å². The van der Waals surface area contributed by atoms with Crippen LogP contribution in [-0.2, 0) is 14.8 Å². The van der Waals surface area contributed by atoms with Gasteiger partial charge < -0.3 is 15.5 Å². The van der Waals surface area contributed by atoms with Crippen molar-refractivity contribution in [1.82, 2.24) is 9.62 Å². The van der Waals surface area contributed by atoms with Gasteiger partial charge in [0.15, 0.2) is 0 Å². The number of amides is 1. The van der Waals surface area contributed by atoms with Crippen LogP contribution in [0.3, 0.4) is 0 Å². The van der Waals surface area contributed by atoms with Gasteiger partial charge in [0.1, 0.15) is 4.90 Å². The van der Waals surface area contributed by atoms with Crippen molar-refractivity contribution in [3.8, 4) is 0 Å². The van der Waals surface area contributed by atoms with Gasteiger partial charge in [-0.3, -0.25) is 4.79 Å². The number of benzene rings is 1. The van der Waals surface area contributed by atoms with Crippen molar-refractivity contribution in [3.63, 3.8) is 0 Å². The van der Waals surface area contributed by atoms with Gasteiger partial charge in [-0.05, 0) is 38.4 Å². The van der Waals surface area contributed by atoms with Gasteiger partial charge in [-0.15, -0.1) is 0 Å². The molecule has 25 heavy (non-hydrogen) atoms. The summed E-state index contributed by atoms with van der Waals surface area (Å²) in [6, 6.07) is 7.13. The maximum Gasteiger partial charge on any atom is 0.242 e. The van der Waals surface area contributed by atoms with E-state index in [4.69, 9.17) is 5.73 Å². The Hall–Kier alpha value is -1.64. The molecule has 1 aromatic rings. The minimum absolute atomic E-state index is 0.0542. The summed E-state index contributed by atoms with van der Waals surface area (Å²) in [6.45, 7) is 2.47. The number of carbonyl (C=O) groups is 1. The zero-order valence-corrected chi connectivity index (χ0v) is 15.3. The minimum atomic E-state index is -3.51. The summed E-state index contributed by atoms with van der Waals surface area (Å²) in [5.41, 5.74) is 6.61. The second-order valence-electron chi connectivity index (χ2n) is 6.76. The summed E-state index contributed by atoms with van der Waals surface area (Å²) in [5.74, 6) is 0.252. The van der Waals surface area contributed by atoms with Gasteiger partial charge in [0.25, 0.3) is 0 Å². The van der Waals surface area contributed by atoms with E-state index in [1.807, 2.05) is 21.9 Å². The highest BCUT2D eigenvalue weighted by Gasteiger charge is 2.33. The lowest BCUT2D eigenvalue weighted by molar-refractivity contribution is -0.135. The first-order valence-corrected chi connectivity index (χ1v) is 10.2. The van der Waals surface area contributed by atoms with Crippen molar-refractivity contribution in [2.75, 3.05) is 38.1 Å². The van der Waals surface area contributed by atoms with Gasteiger partial charge in [0.05, 0.1) is 5.69 Å². The molecule has 1 aliphatic heterocycles. The fraction of sp³-hybridized carbons (Fsp3) is 0.588. The molecular weight excluding hydrogens is 340 g/mol. The van der Waals surface area contributed by atoms with E-state index in [-0.39, 0.29) is 22.8 Å². The summed E-state index contributed by atoms with van der Waals surface area (Å²) in [7, 11) is -2.10. The van der Waals surface area contributed by atoms with Crippen molar-refractivity contribution in [1.29, 1.82) is 0 Å². The molecule has 0 bridgehead atoms. The van der Waals surface area contributed by atoms with Crippen LogP contribution in [0.1, 0.15) is 19.3 Å². The normalized spacial score (nSPS) is 24.6. The maximum absolute atomic E-state index is 12.6. The number of sulfonamides is 1. The molecule has 0 aromatic heterocycles. The Kier molecular flexibility index (Phi) is 5.31. The molecule has 0 spiro atoms. The number of nitrogens with one attached hydrogen (secondary N) is 1. The first-order valence-electron chi connectivity index (χ1n) is 8.74. The van der Waals surface area contributed by atoms with Gasteiger partial charge in [-0.2, -0.15) is 0 Å². The van der Waals surface area contributed by atoms with E-state index in [1.54, 1.807) is 12.1 Å². The molecule has 1 aromatic carbocycles.